The smallest absolute Gasteiger partial charge is 0.392 e. The molecule has 0 saturated heterocycles. The zero-order valence-corrected chi connectivity index (χ0v) is 20.9. The Hall–Kier alpha value is -1.91. The van der Waals surface area contributed by atoms with E-state index in [1.807, 2.05) is 37.3 Å². The monoisotopic (exact) mass is 497 g/mol. The summed E-state index contributed by atoms with van der Waals surface area (Å²) in [6.45, 7) is 7.15. The van der Waals surface area contributed by atoms with Crippen LogP contribution in [0.15, 0.2) is 35.5 Å². The molecular formula is C20H28N5O4PS2. The SMILES string of the molecule is CC(C)C[C@H](CO)Nc1nc(S[C@@H](C)c2ccccc2)nc2c1sc(=N)n2OP(C)(=O)O. The van der Waals surface area contributed by atoms with E-state index in [-0.39, 0.29) is 28.3 Å². The Morgan fingerprint density at radius 1 is 1.28 bits per heavy atom. The summed E-state index contributed by atoms with van der Waals surface area (Å²) in [7, 11) is -3.92. The lowest BCUT2D eigenvalue weighted by molar-refractivity contribution is 0.235. The number of nitrogens with one attached hydrogen (secondary N) is 2. The largest absolute Gasteiger partial charge is 0.394 e. The zero-order valence-electron chi connectivity index (χ0n) is 18.3. The molecule has 0 aliphatic rings. The summed E-state index contributed by atoms with van der Waals surface area (Å²) < 4.78 is 18.5. The first-order chi connectivity index (χ1) is 15.1. The van der Waals surface area contributed by atoms with Gasteiger partial charge in [0.15, 0.2) is 16.6 Å². The Morgan fingerprint density at radius 3 is 2.56 bits per heavy atom. The lowest BCUT2D eigenvalue weighted by Crippen LogP contribution is -2.26. The molecule has 2 heterocycles. The number of fused-ring (bicyclic) bond motifs is 1. The van der Waals surface area contributed by atoms with E-state index >= 15 is 0 Å². The summed E-state index contributed by atoms with van der Waals surface area (Å²) in [5.41, 5.74) is 1.34. The van der Waals surface area contributed by atoms with Gasteiger partial charge >= 0.3 is 7.60 Å². The van der Waals surface area contributed by atoms with Crippen LogP contribution in [-0.2, 0) is 4.57 Å². The van der Waals surface area contributed by atoms with Crippen molar-refractivity contribution in [2.75, 3.05) is 18.6 Å². The van der Waals surface area contributed by atoms with Gasteiger partial charge in [-0.15, -0.1) is 4.73 Å². The molecular weight excluding hydrogens is 469 g/mol. The number of aliphatic hydroxyl groups is 1. The fraction of sp³-hybridized carbons (Fsp3) is 0.450. The molecule has 174 valence electrons. The summed E-state index contributed by atoms with van der Waals surface area (Å²) in [6.07, 6.45) is 0.724. The van der Waals surface area contributed by atoms with E-state index in [4.69, 9.17) is 10.0 Å². The van der Waals surface area contributed by atoms with Crippen LogP contribution in [0.25, 0.3) is 10.3 Å². The lowest BCUT2D eigenvalue weighted by Gasteiger charge is -2.20. The van der Waals surface area contributed by atoms with Crippen LogP contribution in [0.3, 0.4) is 0 Å². The molecule has 3 aromatic rings. The van der Waals surface area contributed by atoms with E-state index in [0.717, 1.165) is 34.7 Å². The molecule has 0 amide bonds. The molecule has 0 spiro atoms. The van der Waals surface area contributed by atoms with Crippen LogP contribution >= 0.6 is 30.7 Å². The highest BCUT2D eigenvalue weighted by Crippen LogP contribution is 2.37. The van der Waals surface area contributed by atoms with Gasteiger partial charge in [0, 0.05) is 5.25 Å². The van der Waals surface area contributed by atoms with Crippen LogP contribution in [0.1, 0.15) is 38.0 Å². The highest BCUT2D eigenvalue weighted by Gasteiger charge is 2.23. The molecule has 1 unspecified atom stereocenters. The molecule has 0 radical (unpaired) electrons. The Balaban J connectivity index is 2.07. The van der Waals surface area contributed by atoms with Crippen molar-refractivity contribution in [3.63, 3.8) is 0 Å². The van der Waals surface area contributed by atoms with Gasteiger partial charge < -0.3 is 19.9 Å². The van der Waals surface area contributed by atoms with Crippen molar-refractivity contribution in [3.05, 3.63) is 40.7 Å². The number of benzene rings is 1. The van der Waals surface area contributed by atoms with Crippen molar-refractivity contribution in [2.45, 2.75) is 43.6 Å². The number of nitrogens with zero attached hydrogens (tertiary/aromatic N) is 3. The maximum Gasteiger partial charge on any atom is 0.392 e. The average Bonchev–Trinajstić information content (AvgIpc) is 3.02. The van der Waals surface area contributed by atoms with Crippen molar-refractivity contribution in [1.29, 1.82) is 5.41 Å². The van der Waals surface area contributed by atoms with Gasteiger partial charge in [0.2, 0.25) is 4.80 Å². The topological polar surface area (TPSA) is 133 Å². The number of rotatable bonds is 10. The molecule has 32 heavy (non-hydrogen) atoms. The fourth-order valence-corrected chi connectivity index (χ4v) is 5.39. The minimum Gasteiger partial charge on any atom is -0.394 e. The van der Waals surface area contributed by atoms with Crippen LogP contribution in [0.4, 0.5) is 5.82 Å². The van der Waals surface area contributed by atoms with Crippen molar-refractivity contribution in [1.82, 2.24) is 14.7 Å². The molecule has 0 aliphatic carbocycles. The molecule has 12 heteroatoms. The average molecular weight is 498 g/mol. The van der Waals surface area contributed by atoms with E-state index in [0.29, 0.717) is 21.6 Å². The highest BCUT2D eigenvalue weighted by atomic mass is 32.2. The van der Waals surface area contributed by atoms with Crippen LogP contribution in [0, 0.1) is 11.3 Å². The lowest BCUT2D eigenvalue weighted by atomic mass is 10.0. The Bertz CT molecular complexity index is 1160. The van der Waals surface area contributed by atoms with Crippen LogP contribution in [0.2, 0.25) is 0 Å². The van der Waals surface area contributed by atoms with Gasteiger partial charge in [0.1, 0.15) is 4.70 Å². The van der Waals surface area contributed by atoms with E-state index < -0.39 is 7.60 Å². The fourth-order valence-electron chi connectivity index (χ4n) is 3.15. The van der Waals surface area contributed by atoms with Crippen LogP contribution in [0.5, 0.6) is 0 Å². The highest BCUT2D eigenvalue weighted by molar-refractivity contribution is 7.99. The second-order valence-corrected chi connectivity index (χ2v) is 12.0. The summed E-state index contributed by atoms with van der Waals surface area (Å²) in [5.74, 6) is 0.815. The molecule has 0 fully saturated rings. The summed E-state index contributed by atoms with van der Waals surface area (Å²) >= 11 is 2.46. The minimum atomic E-state index is -3.92. The predicted octanol–water partition coefficient (Wildman–Crippen LogP) is 3.89. The summed E-state index contributed by atoms with van der Waals surface area (Å²) in [6, 6.07) is 9.69. The van der Waals surface area contributed by atoms with E-state index in [9.17, 15) is 14.6 Å². The maximum atomic E-state index is 11.9. The normalized spacial score (nSPS) is 15.5. The quantitative estimate of drug-likeness (QED) is 0.188. The van der Waals surface area contributed by atoms with Crippen molar-refractivity contribution >= 4 is 46.9 Å². The van der Waals surface area contributed by atoms with Gasteiger partial charge in [-0.3, -0.25) is 5.41 Å². The van der Waals surface area contributed by atoms with Gasteiger partial charge in [0.25, 0.3) is 0 Å². The predicted molar refractivity (Wildman–Crippen MR) is 128 cm³/mol. The molecule has 4 N–H and O–H groups in total. The molecule has 9 nitrogen and oxygen atoms in total. The molecule has 0 aliphatic heterocycles. The van der Waals surface area contributed by atoms with E-state index in [2.05, 4.69) is 29.1 Å². The van der Waals surface area contributed by atoms with Gasteiger partial charge in [0.05, 0.1) is 19.3 Å². The third-order valence-electron chi connectivity index (χ3n) is 4.50. The number of anilines is 1. The molecule has 0 saturated carbocycles. The number of hydrogen-bond acceptors (Lipinski definition) is 9. The van der Waals surface area contributed by atoms with Gasteiger partial charge in [-0.25, -0.2) is 9.55 Å². The zero-order chi connectivity index (χ0) is 23.5. The number of hydrogen-bond donors (Lipinski definition) is 4. The Morgan fingerprint density at radius 2 is 1.97 bits per heavy atom. The second kappa shape index (κ2) is 10.4. The Kier molecular flexibility index (Phi) is 8.00. The first-order valence-corrected chi connectivity index (χ1v) is 13.9. The molecule has 3 rings (SSSR count). The second-order valence-electron chi connectivity index (χ2n) is 7.92. The van der Waals surface area contributed by atoms with Gasteiger partial charge in [-0.2, -0.15) is 4.98 Å². The molecule has 1 aromatic carbocycles. The molecule has 2 aromatic heterocycles. The summed E-state index contributed by atoms with van der Waals surface area (Å²) in [5, 5.41) is 21.8. The maximum absolute atomic E-state index is 11.9. The third-order valence-corrected chi connectivity index (χ3v) is 6.93. The van der Waals surface area contributed by atoms with Crippen molar-refractivity contribution < 1.29 is 19.2 Å². The first-order valence-electron chi connectivity index (χ1n) is 10.1. The number of aromatic nitrogens is 3. The van der Waals surface area contributed by atoms with E-state index in [1.54, 1.807) is 0 Å². The summed E-state index contributed by atoms with van der Waals surface area (Å²) in [4.78, 5) is 18.9. The molecule has 0 bridgehead atoms. The van der Waals surface area contributed by atoms with Crippen LogP contribution < -0.4 is 14.7 Å². The van der Waals surface area contributed by atoms with Crippen molar-refractivity contribution in [3.8, 4) is 0 Å². The van der Waals surface area contributed by atoms with E-state index in [1.165, 1.54) is 11.8 Å². The van der Waals surface area contributed by atoms with Gasteiger partial charge in [-0.05, 0) is 24.8 Å². The standard InChI is InChI=1S/C20H28N5O4PS2/c1-12(2)10-15(11-26)22-17-16-18(25(19(21)32-16)29-30(4,27)28)24-20(23-17)31-13(3)14-8-6-5-7-9-14/h5-9,12-13,15,21,26H,10-11H2,1-4H3,(H,27,28)(H,22,23,24)/t13-,15+/m0/s1. The minimum absolute atomic E-state index is 0.0457. The number of thioether (sulfide) groups is 1. The molecule has 3 atom stereocenters. The Labute approximate surface area is 194 Å². The van der Waals surface area contributed by atoms with Gasteiger partial charge in [-0.1, -0.05) is 67.3 Å². The van der Waals surface area contributed by atoms with Crippen LogP contribution in [-0.4, -0.2) is 44.0 Å². The first kappa shape index (κ1) is 24.7. The number of thiazole rings is 1. The third kappa shape index (κ3) is 6.32. The van der Waals surface area contributed by atoms with Crippen molar-refractivity contribution in [2.24, 2.45) is 5.92 Å². The number of aliphatic hydroxyl groups excluding tert-OH is 1.